The third kappa shape index (κ3) is 6.18. The summed E-state index contributed by atoms with van der Waals surface area (Å²) in [7, 11) is 0. The van der Waals surface area contributed by atoms with Gasteiger partial charge in [0.05, 0.1) is 0 Å². The van der Waals surface area contributed by atoms with Crippen LogP contribution in [0.5, 0.6) is 0 Å². The van der Waals surface area contributed by atoms with Gasteiger partial charge in [-0.3, -0.25) is 4.79 Å². The van der Waals surface area contributed by atoms with Crippen molar-refractivity contribution in [2.75, 3.05) is 6.54 Å². The fraction of sp³-hybridized carbons (Fsp3) is 0.650. The highest BCUT2D eigenvalue weighted by Crippen LogP contribution is 2.40. The minimum absolute atomic E-state index is 0.0146. The Labute approximate surface area is 147 Å². The summed E-state index contributed by atoms with van der Waals surface area (Å²) >= 11 is 5.89. The molecule has 0 saturated carbocycles. The Bertz CT molecular complexity index is 481. The van der Waals surface area contributed by atoms with Crippen molar-refractivity contribution in [2.45, 2.75) is 54.4 Å². The summed E-state index contributed by atoms with van der Waals surface area (Å²) < 4.78 is 0. The van der Waals surface area contributed by atoms with E-state index >= 15 is 0 Å². The Hall–Kier alpha value is -1.02. The molecule has 2 nitrogen and oxygen atoms in total. The van der Waals surface area contributed by atoms with Crippen molar-refractivity contribution in [3.63, 3.8) is 0 Å². The number of nitrogens with one attached hydrogen (secondary N) is 1. The smallest absolute Gasteiger partial charge is 0.251 e. The lowest BCUT2D eigenvalue weighted by Gasteiger charge is -2.41. The number of amides is 1. The molecule has 3 heteroatoms. The molecule has 0 heterocycles. The third-order valence-electron chi connectivity index (χ3n) is 4.56. The van der Waals surface area contributed by atoms with E-state index in [2.05, 4.69) is 46.9 Å². The highest BCUT2D eigenvalue weighted by Gasteiger charge is 2.35. The first kappa shape index (κ1) is 20.0. The molecule has 0 radical (unpaired) electrons. The standard InChI is InChI=1S/C20H32ClNO/c1-14(2)11-20(16(5)6,12-15(3)4)13-22-19(23)17-7-9-18(21)10-8-17/h7-10,14-16H,11-13H2,1-6H3,(H,22,23). The SMILES string of the molecule is CC(C)CC(CNC(=O)c1ccc(Cl)cc1)(CC(C)C)C(C)C. The van der Waals surface area contributed by atoms with Crippen LogP contribution in [0.25, 0.3) is 0 Å². The van der Waals surface area contributed by atoms with E-state index in [4.69, 9.17) is 11.6 Å². The van der Waals surface area contributed by atoms with E-state index in [-0.39, 0.29) is 11.3 Å². The van der Waals surface area contributed by atoms with E-state index in [1.807, 2.05) is 0 Å². The van der Waals surface area contributed by atoms with Crippen molar-refractivity contribution in [3.05, 3.63) is 34.9 Å². The van der Waals surface area contributed by atoms with Crippen LogP contribution in [-0.2, 0) is 0 Å². The van der Waals surface area contributed by atoms with Gasteiger partial charge in [0.15, 0.2) is 0 Å². The van der Waals surface area contributed by atoms with Gasteiger partial charge in [-0.15, -0.1) is 0 Å². The van der Waals surface area contributed by atoms with Crippen LogP contribution in [0.1, 0.15) is 64.7 Å². The molecule has 0 atom stereocenters. The second-order valence-electron chi connectivity index (χ2n) is 7.90. The summed E-state index contributed by atoms with van der Waals surface area (Å²) in [5.41, 5.74) is 0.811. The first-order chi connectivity index (χ1) is 10.7. The van der Waals surface area contributed by atoms with Gasteiger partial charge in [0.25, 0.3) is 5.91 Å². The highest BCUT2D eigenvalue weighted by atomic mass is 35.5. The largest absolute Gasteiger partial charge is 0.351 e. The maximum absolute atomic E-state index is 12.4. The lowest BCUT2D eigenvalue weighted by molar-refractivity contribution is 0.0818. The van der Waals surface area contributed by atoms with Gasteiger partial charge in [-0.1, -0.05) is 53.1 Å². The van der Waals surface area contributed by atoms with Gasteiger partial charge in [0, 0.05) is 17.1 Å². The number of halogens is 1. The van der Waals surface area contributed by atoms with Crippen LogP contribution in [0.2, 0.25) is 5.02 Å². The Morgan fingerprint density at radius 2 is 1.48 bits per heavy atom. The molecule has 0 aliphatic carbocycles. The third-order valence-corrected chi connectivity index (χ3v) is 4.81. The number of rotatable bonds is 8. The van der Waals surface area contributed by atoms with Gasteiger partial charge in [-0.05, 0) is 60.3 Å². The second-order valence-corrected chi connectivity index (χ2v) is 8.34. The molecule has 130 valence electrons. The summed E-state index contributed by atoms with van der Waals surface area (Å²) in [6.45, 7) is 14.3. The number of carbonyl (C=O) groups is 1. The number of hydrogen-bond donors (Lipinski definition) is 1. The van der Waals surface area contributed by atoms with E-state index in [1.165, 1.54) is 0 Å². The van der Waals surface area contributed by atoms with E-state index in [0.717, 1.165) is 19.4 Å². The molecule has 0 aromatic heterocycles. The predicted molar refractivity (Wildman–Crippen MR) is 100.0 cm³/mol. The van der Waals surface area contributed by atoms with E-state index in [9.17, 15) is 4.79 Å². The second kappa shape index (κ2) is 8.73. The molecule has 0 aliphatic rings. The van der Waals surface area contributed by atoms with Gasteiger partial charge < -0.3 is 5.32 Å². The Morgan fingerprint density at radius 1 is 1.00 bits per heavy atom. The maximum Gasteiger partial charge on any atom is 0.251 e. The van der Waals surface area contributed by atoms with Crippen LogP contribution in [0.15, 0.2) is 24.3 Å². The topological polar surface area (TPSA) is 29.1 Å². The summed E-state index contributed by atoms with van der Waals surface area (Å²) in [4.78, 5) is 12.4. The van der Waals surface area contributed by atoms with Crippen LogP contribution in [0.4, 0.5) is 0 Å². The Morgan fingerprint density at radius 3 is 1.87 bits per heavy atom. The quantitative estimate of drug-likeness (QED) is 0.637. The molecule has 23 heavy (non-hydrogen) atoms. The molecule has 1 aromatic rings. The summed E-state index contributed by atoms with van der Waals surface area (Å²) in [5.74, 6) is 1.74. The molecule has 1 aromatic carbocycles. The zero-order chi connectivity index (χ0) is 17.6. The molecule has 0 fully saturated rings. The van der Waals surface area contributed by atoms with E-state index in [0.29, 0.717) is 28.3 Å². The minimum atomic E-state index is -0.0146. The van der Waals surface area contributed by atoms with Crippen LogP contribution >= 0.6 is 11.6 Å². The minimum Gasteiger partial charge on any atom is -0.351 e. The molecular formula is C20H32ClNO. The lowest BCUT2D eigenvalue weighted by Crippen LogP contribution is -2.43. The Kier molecular flexibility index (Phi) is 7.60. The molecule has 0 saturated heterocycles. The molecule has 0 aliphatic heterocycles. The van der Waals surface area contributed by atoms with Gasteiger partial charge in [0.2, 0.25) is 0 Å². The van der Waals surface area contributed by atoms with Crippen molar-refractivity contribution in [2.24, 2.45) is 23.2 Å². The van der Waals surface area contributed by atoms with E-state index < -0.39 is 0 Å². The van der Waals surface area contributed by atoms with Crippen molar-refractivity contribution >= 4 is 17.5 Å². The van der Waals surface area contributed by atoms with Gasteiger partial charge in [0.1, 0.15) is 0 Å². The monoisotopic (exact) mass is 337 g/mol. The fourth-order valence-corrected chi connectivity index (χ4v) is 3.61. The van der Waals surface area contributed by atoms with Gasteiger partial charge in [-0.25, -0.2) is 0 Å². The summed E-state index contributed by atoms with van der Waals surface area (Å²) in [6.07, 6.45) is 2.26. The fourth-order valence-electron chi connectivity index (χ4n) is 3.49. The zero-order valence-electron chi connectivity index (χ0n) is 15.4. The molecule has 1 N–H and O–H groups in total. The molecule has 1 rings (SSSR count). The molecule has 1 amide bonds. The first-order valence-electron chi connectivity index (χ1n) is 8.70. The lowest BCUT2D eigenvalue weighted by atomic mass is 9.67. The van der Waals surface area contributed by atoms with Crippen molar-refractivity contribution in [3.8, 4) is 0 Å². The number of carbonyl (C=O) groups excluding carboxylic acids is 1. The van der Waals surface area contributed by atoms with Crippen molar-refractivity contribution < 1.29 is 4.79 Å². The van der Waals surface area contributed by atoms with Crippen LogP contribution in [0, 0.1) is 23.2 Å². The van der Waals surface area contributed by atoms with Crippen molar-refractivity contribution in [1.29, 1.82) is 0 Å². The summed E-state index contributed by atoms with van der Waals surface area (Å²) in [5, 5.41) is 3.82. The van der Waals surface area contributed by atoms with Gasteiger partial charge >= 0.3 is 0 Å². The molecule has 0 unspecified atom stereocenters. The number of benzene rings is 1. The van der Waals surface area contributed by atoms with Crippen LogP contribution in [-0.4, -0.2) is 12.5 Å². The molecular weight excluding hydrogens is 306 g/mol. The highest BCUT2D eigenvalue weighted by molar-refractivity contribution is 6.30. The van der Waals surface area contributed by atoms with Gasteiger partial charge in [-0.2, -0.15) is 0 Å². The van der Waals surface area contributed by atoms with Crippen LogP contribution in [0.3, 0.4) is 0 Å². The first-order valence-corrected chi connectivity index (χ1v) is 9.08. The summed E-state index contributed by atoms with van der Waals surface area (Å²) in [6, 6.07) is 7.07. The van der Waals surface area contributed by atoms with Crippen LogP contribution < -0.4 is 5.32 Å². The van der Waals surface area contributed by atoms with Crippen molar-refractivity contribution in [1.82, 2.24) is 5.32 Å². The average molecular weight is 338 g/mol. The predicted octanol–water partition coefficient (Wildman–Crippen LogP) is 5.80. The molecule has 0 spiro atoms. The maximum atomic E-state index is 12.4. The van der Waals surface area contributed by atoms with E-state index in [1.54, 1.807) is 24.3 Å². The Balaban J connectivity index is 2.87. The average Bonchev–Trinajstić information content (AvgIpc) is 2.43. The molecule has 0 bridgehead atoms. The normalized spacial score (nSPS) is 12.3. The number of hydrogen-bond acceptors (Lipinski definition) is 1. The zero-order valence-corrected chi connectivity index (χ0v) is 16.2.